The van der Waals surface area contributed by atoms with Crippen LogP contribution in [0.1, 0.15) is 28.4 Å². The molecular weight excluding hydrogens is 510 g/mol. The number of hydrogen-bond donors (Lipinski definition) is 2. The summed E-state index contributed by atoms with van der Waals surface area (Å²) in [6, 6.07) is 19.1. The normalized spacial score (nSPS) is 11.1. The molecule has 2 N–H and O–H groups in total. The first-order chi connectivity index (χ1) is 15.9. The van der Waals surface area contributed by atoms with Crippen LogP contribution in [-0.2, 0) is 11.4 Å². The summed E-state index contributed by atoms with van der Waals surface area (Å²) >= 11 is 9.94. The average molecular weight is 531 g/mol. The molecule has 0 aliphatic rings. The monoisotopic (exact) mass is 529 g/mol. The Bertz CT molecular complexity index is 1180. The third-order valence-corrected chi connectivity index (χ3v) is 5.54. The van der Waals surface area contributed by atoms with Crippen molar-refractivity contribution in [3.05, 3.63) is 98.6 Å². The lowest BCUT2D eigenvalue weighted by Gasteiger charge is -2.15. The van der Waals surface area contributed by atoms with E-state index in [1.807, 2.05) is 31.2 Å². The quantitative estimate of drug-likeness (QED) is 0.335. The van der Waals surface area contributed by atoms with Crippen molar-refractivity contribution < 1.29 is 24.2 Å². The number of carbonyl (C=O) groups excluding carboxylic acids is 1. The largest absolute Gasteiger partial charge is 0.490 e. The van der Waals surface area contributed by atoms with Crippen LogP contribution in [0, 0.1) is 0 Å². The van der Waals surface area contributed by atoms with Crippen LogP contribution in [-0.4, -0.2) is 23.6 Å². The van der Waals surface area contributed by atoms with E-state index < -0.39 is 11.9 Å². The number of nitrogens with one attached hydrogen (secondary N) is 1. The van der Waals surface area contributed by atoms with Gasteiger partial charge >= 0.3 is 5.97 Å². The summed E-state index contributed by atoms with van der Waals surface area (Å²) < 4.78 is 12.5. The van der Waals surface area contributed by atoms with Gasteiger partial charge in [-0.1, -0.05) is 63.9 Å². The van der Waals surface area contributed by atoms with E-state index in [-0.39, 0.29) is 17.3 Å². The van der Waals surface area contributed by atoms with E-state index in [0.29, 0.717) is 29.2 Å². The maximum absolute atomic E-state index is 12.4. The zero-order valence-electron chi connectivity index (χ0n) is 17.7. The molecule has 1 amide bonds. The number of carboxylic acids is 1. The number of carbonyl (C=O) groups is 2. The highest BCUT2D eigenvalue weighted by atomic mass is 79.9. The van der Waals surface area contributed by atoms with Crippen molar-refractivity contribution in [2.75, 3.05) is 6.61 Å². The van der Waals surface area contributed by atoms with Gasteiger partial charge < -0.3 is 19.9 Å². The van der Waals surface area contributed by atoms with Crippen molar-refractivity contribution in [1.82, 2.24) is 5.32 Å². The van der Waals surface area contributed by atoms with E-state index in [0.717, 1.165) is 10.0 Å². The van der Waals surface area contributed by atoms with Gasteiger partial charge in [-0.05, 0) is 48.9 Å². The molecule has 0 heterocycles. The molecule has 3 rings (SSSR count). The highest BCUT2D eigenvalue weighted by Crippen LogP contribution is 2.38. The van der Waals surface area contributed by atoms with Crippen LogP contribution in [0.2, 0.25) is 5.02 Å². The smallest absolute Gasteiger partial charge is 0.352 e. The summed E-state index contributed by atoms with van der Waals surface area (Å²) in [7, 11) is 0. The lowest BCUT2D eigenvalue weighted by atomic mass is 10.1. The predicted octanol–water partition coefficient (Wildman–Crippen LogP) is 5.94. The minimum Gasteiger partial charge on any atom is -0.490 e. The Hall–Kier alpha value is -3.29. The standard InChI is InChI=1S/C25H21BrClNO5/c1-2-32-22-14-16(12-20(27)23(22)33-15-18-10-6-7-11-19(18)26)13-21(25(30)31)28-24(29)17-8-4-3-5-9-17/h3-14H,2,15H2,1H3,(H,28,29)(H,30,31)/b21-13+. The Labute approximate surface area is 204 Å². The second-order valence-electron chi connectivity index (χ2n) is 6.83. The molecule has 0 fully saturated rings. The minimum atomic E-state index is -1.29. The number of ether oxygens (including phenoxy) is 2. The number of aliphatic carboxylic acids is 1. The van der Waals surface area contributed by atoms with Crippen LogP contribution in [0.5, 0.6) is 11.5 Å². The molecule has 0 spiro atoms. The van der Waals surface area contributed by atoms with Crippen molar-refractivity contribution in [3.8, 4) is 11.5 Å². The van der Waals surface area contributed by atoms with E-state index in [9.17, 15) is 14.7 Å². The molecule has 0 unspecified atom stereocenters. The first-order valence-corrected chi connectivity index (χ1v) is 11.2. The number of halogens is 2. The Morgan fingerprint density at radius 3 is 2.42 bits per heavy atom. The molecule has 0 saturated heterocycles. The third-order valence-electron chi connectivity index (χ3n) is 4.49. The topological polar surface area (TPSA) is 84.9 Å². The molecule has 6 nitrogen and oxygen atoms in total. The molecular formula is C25H21BrClNO5. The third kappa shape index (κ3) is 6.60. The van der Waals surface area contributed by atoms with Gasteiger partial charge in [-0.15, -0.1) is 0 Å². The molecule has 0 atom stereocenters. The lowest BCUT2D eigenvalue weighted by Crippen LogP contribution is -2.27. The first kappa shape index (κ1) is 24.4. The van der Waals surface area contributed by atoms with Crippen LogP contribution in [0.4, 0.5) is 0 Å². The number of benzene rings is 3. The van der Waals surface area contributed by atoms with E-state index in [1.54, 1.807) is 42.5 Å². The number of amides is 1. The molecule has 0 aliphatic heterocycles. The summed E-state index contributed by atoms with van der Waals surface area (Å²) in [5, 5.41) is 12.3. The molecule has 8 heteroatoms. The average Bonchev–Trinajstić information content (AvgIpc) is 2.80. The zero-order valence-corrected chi connectivity index (χ0v) is 20.0. The summed E-state index contributed by atoms with van der Waals surface area (Å²) in [6.45, 7) is 2.42. The molecule has 3 aromatic rings. The maximum Gasteiger partial charge on any atom is 0.352 e. The highest BCUT2D eigenvalue weighted by molar-refractivity contribution is 9.10. The van der Waals surface area contributed by atoms with Crippen molar-refractivity contribution in [1.29, 1.82) is 0 Å². The molecule has 170 valence electrons. The summed E-state index contributed by atoms with van der Waals surface area (Å²) in [5.74, 6) is -1.12. The summed E-state index contributed by atoms with van der Waals surface area (Å²) in [5.41, 5.74) is 1.40. The molecule has 0 radical (unpaired) electrons. The van der Waals surface area contributed by atoms with Gasteiger partial charge in [0.1, 0.15) is 12.3 Å². The van der Waals surface area contributed by atoms with Gasteiger partial charge in [0.15, 0.2) is 11.5 Å². The summed E-state index contributed by atoms with van der Waals surface area (Å²) in [6.07, 6.45) is 1.31. The Balaban J connectivity index is 1.88. The van der Waals surface area contributed by atoms with Crippen LogP contribution in [0.3, 0.4) is 0 Å². The van der Waals surface area contributed by atoms with Crippen molar-refractivity contribution in [2.24, 2.45) is 0 Å². The van der Waals surface area contributed by atoms with E-state index in [4.69, 9.17) is 21.1 Å². The Morgan fingerprint density at radius 1 is 1.06 bits per heavy atom. The fourth-order valence-electron chi connectivity index (χ4n) is 2.94. The van der Waals surface area contributed by atoms with Gasteiger partial charge in [-0.2, -0.15) is 0 Å². The second-order valence-corrected chi connectivity index (χ2v) is 8.09. The first-order valence-electron chi connectivity index (χ1n) is 10.0. The molecule has 0 aromatic heterocycles. The predicted molar refractivity (Wildman–Crippen MR) is 131 cm³/mol. The van der Waals surface area contributed by atoms with Gasteiger partial charge in [0.25, 0.3) is 5.91 Å². The van der Waals surface area contributed by atoms with Gasteiger partial charge in [-0.3, -0.25) is 4.79 Å². The van der Waals surface area contributed by atoms with Gasteiger partial charge in [-0.25, -0.2) is 4.79 Å². The summed E-state index contributed by atoms with van der Waals surface area (Å²) in [4.78, 5) is 24.1. The van der Waals surface area contributed by atoms with Crippen molar-refractivity contribution in [3.63, 3.8) is 0 Å². The molecule has 33 heavy (non-hydrogen) atoms. The van der Waals surface area contributed by atoms with E-state index in [2.05, 4.69) is 21.2 Å². The molecule has 0 bridgehead atoms. The van der Waals surface area contributed by atoms with Gasteiger partial charge in [0.2, 0.25) is 0 Å². The molecule has 0 aliphatic carbocycles. The van der Waals surface area contributed by atoms with Crippen LogP contribution < -0.4 is 14.8 Å². The van der Waals surface area contributed by atoms with Gasteiger partial charge in [0, 0.05) is 15.6 Å². The number of carboxylic acid groups (broad SMARTS) is 1. The molecule has 0 saturated carbocycles. The minimum absolute atomic E-state index is 0.248. The van der Waals surface area contributed by atoms with Crippen molar-refractivity contribution in [2.45, 2.75) is 13.5 Å². The molecule has 3 aromatic carbocycles. The SMILES string of the molecule is CCOc1cc(/C=C(/NC(=O)c2ccccc2)C(=O)O)cc(Cl)c1OCc1ccccc1Br. The fraction of sp³-hybridized carbons (Fsp3) is 0.120. The fourth-order valence-corrected chi connectivity index (χ4v) is 3.61. The maximum atomic E-state index is 12.4. The van der Waals surface area contributed by atoms with Crippen LogP contribution in [0.15, 0.2) is 76.9 Å². The number of rotatable bonds is 9. The number of hydrogen-bond acceptors (Lipinski definition) is 4. The van der Waals surface area contributed by atoms with Gasteiger partial charge in [0.05, 0.1) is 11.6 Å². The lowest BCUT2D eigenvalue weighted by molar-refractivity contribution is -0.132. The van der Waals surface area contributed by atoms with Crippen LogP contribution in [0.25, 0.3) is 6.08 Å². The Morgan fingerprint density at radius 2 is 1.76 bits per heavy atom. The van der Waals surface area contributed by atoms with Crippen molar-refractivity contribution >= 4 is 45.5 Å². The Kier molecular flexibility index (Phi) is 8.52. The van der Waals surface area contributed by atoms with Crippen LogP contribution >= 0.6 is 27.5 Å². The zero-order chi connectivity index (χ0) is 23.8. The second kappa shape index (κ2) is 11.5. The highest BCUT2D eigenvalue weighted by Gasteiger charge is 2.17. The van der Waals surface area contributed by atoms with E-state index >= 15 is 0 Å². The van der Waals surface area contributed by atoms with E-state index in [1.165, 1.54) is 6.08 Å².